The van der Waals surface area contributed by atoms with E-state index in [-0.39, 0.29) is 36.4 Å². The molecule has 10 heteroatoms. The van der Waals surface area contributed by atoms with E-state index >= 15 is 0 Å². The normalized spacial score (nSPS) is 13.1. The van der Waals surface area contributed by atoms with Crippen molar-refractivity contribution in [1.82, 2.24) is 9.88 Å². The maximum Gasteiger partial charge on any atom is 0.468 e. The Balaban J connectivity index is 1.32. The molecule has 1 aromatic heterocycles. The fraction of sp³-hybridized carbons (Fsp3) is 0.148. The summed E-state index contributed by atoms with van der Waals surface area (Å²) in [5.74, 6) is -1.20. The lowest BCUT2D eigenvalue weighted by Gasteiger charge is -2.14. The largest absolute Gasteiger partial charge is 0.497 e. The molecule has 0 saturated heterocycles. The van der Waals surface area contributed by atoms with Crippen molar-refractivity contribution in [3.05, 3.63) is 89.8 Å². The van der Waals surface area contributed by atoms with E-state index in [1.807, 2.05) is 0 Å². The number of amides is 2. The molecule has 0 bridgehead atoms. The van der Waals surface area contributed by atoms with Crippen LogP contribution >= 0.6 is 0 Å². The Morgan fingerprint density at radius 2 is 1.41 bits per heavy atom. The van der Waals surface area contributed by atoms with Crippen molar-refractivity contribution in [2.45, 2.75) is 6.18 Å². The van der Waals surface area contributed by atoms with E-state index < -0.39 is 12.1 Å². The lowest BCUT2D eigenvalue weighted by molar-refractivity contribution is -0.156. The number of nitrogens with zero attached hydrogens (tertiary/aromatic N) is 2. The summed E-state index contributed by atoms with van der Waals surface area (Å²) in [6, 6.07) is 19.2. The van der Waals surface area contributed by atoms with Gasteiger partial charge in [-0.1, -0.05) is 12.1 Å². The molecule has 5 rings (SSSR count). The molecule has 7 nitrogen and oxygen atoms in total. The summed E-state index contributed by atoms with van der Waals surface area (Å²) >= 11 is 0. The van der Waals surface area contributed by atoms with Crippen molar-refractivity contribution in [1.29, 1.82) is 0 Å². The Labute approximate surface area is 209 Å². The SMILES string of the molecule is COc1ccc(-c2nc(C(F)(F)F)oc2-c2ccc(OCCN3C(=O)c4ccccc4C3=O)cc2)cc1. The van der Waals surface area contributed by atoms with Gasteiger partial charge in [0.05, 0.1) is 24.8 Å². The van der Waals surface area contributed by atoms with Crippen molar-refractivity contribution in [2.75, 3.05) is 20.3 Å². The Bertz CT molecular complexity index is 1430. The van der Waals surface area contributed by atoms with Crippen LogP contribution in [0.2, 0.25) is 0 Å². The number of methoxy groups -OCH3 is 1. The molecule has 188 valence electrons. The summed E-state index contributed by atoms with van der Waals surface area (Å²) in [5.41, 5.74) is 1.54. The summed E-state index contributed by atoms with van der Waals surface area (Å²) < 4.78 is 56.0. The molecule has 3 aromatic carbocycles. The Morgan fingerprint density at radius 3 is 1.97 bits per heavy atom. The lowest BCUT2D eigenvalue weighted by Crippen LogP contribution is -2.33. The van der Waals surface area contributed by atoms with Gasteiger partial charge >= 0.3 is 12.1 Å². The van der Waals surface area contributed by atoms with Crippen molar-refractivity contribution in [3.8, 4) is 34.1 Å². The van der Waals surface area contributed by atoms with Gasteiger partial charge in [-0.2, -0.15) is 13.2 Å². The van der Waals surface area contributed by atoms with Crippen LogP contribution in [0.5, 0.6) is 11.5 Å². The predicted octanol–water partition coefficient (Wildman–Crippen LogP) is 5.71. The number of oxazole rings is 1. The zero-order valence-corrected chi connectivity index (χ0v) is 19.4. The molecule has 37 heavy (non-hydrogen) atoms. The van der Waals surface area contributed by atoms with Gasteiger partial charge in [0.25, 0.3) is 11.8 Å². The quantitative estimate of drug-likeness (QED) is 0.298. The number of ether oxygens (including phenoxy) is 2. The standard InChI is InChI=1S/C27H19F3N2O5/c1-35-18-10-6-16(7-11-18)22-23(37-26(31-22)27(28,29)30)17-8-12-19(13-9-17)36-15-14-32-24(33)20-4-2-3-5-21(20)25(32)34/h2-13H,14-15H2,1H3. The van der Waals surface area contributed by atoms with Gasteiger partial charge in [0.15, 0.2) is 5.76 Å². The summed E-state index contributed by atoms with van der Waals surface area (Å²) in [6.45, 7) is 0.0925. The lowest BCUT2D eigenvalue weighted by atomic mass is 10.1. The van der Waals surface area contributed by atoms with Crippen LogP contribution in [0, 0.1) is 0 Å². The van der Waals surface area contributed by atoms with Gasteiger partial charge in [0.1, 0.15) is 23.8 Å². The number of alkyl halides is 3. The molecule has 1 aliphatic heterocycles. The summed E-state index contributed by atoms with van der Waals surface area (Å²) in [7, 11) is 1.49. The average molecular weight is 508 g/mol. The van der Waals surface area contributed by atoms with E-state index in [9.17, 15) is 22.8 Å². The fourth-order valence-corrected chi connectivity index (χ4v) is 3.98. The van der Waals surface area contributed by atoms with Crippen molar-refractivity contribution in [2.24, 2.45) is 0 Å². The number of carbonyl (C=O) groups excluding carboxylic acids is 2. The van der Waals surface area contributed by atoms with Gasteiger partial charge in [-0.05, 0) is 60.7 Å². The third kappa shape index (κ3) is 4.65. The first kappa shape index (κ1) is 24.1. The van der Waals surface area contributed by atoms with Crippen LogP contribution in [0.25, 0.3) is 22.6 Å². The molecular formula is C27H19F3N2O5. The van der Waals surface area contributed by atoms with E-state index in [1.165, 1.54) is 7.11 Å². The molecule has 0 N–H and O–H groups in total. The molecule has 0 unspecified atom stereocenters. The van der Waals surface area contributed by atoms with Crippen molar-refractivity contribution < 1.29 is 36.7 Å². The highest BCUT2D eigenvalue weighted by Gasteiger charge is 2.39. The second-order valence-corrected chi connectivity index (χ2v) is 8.10. The highest BCUT2D eigenvalue weighted by Crippen LogP contribution is 2.39. The smallest absolute Gasteiger partial charge is 0.468 e. The number of aromatic nitrogens is 1. The highest BCUT2D eigenvalue weighted by atomic mass is 19.4. The highest BCUT2D eigenvalue weighted by molar-refractivity contribution is 6.21. The van der Waals surface area contributed by atoms with Gasteiger partial charge in [0, 0.05) is 11.1 Å². The number of hydrogen-bond acceptors (Lipinski definition) is 6. The van der Waals surface area contributed by atoms with E-state index in [4.69, 9.17) is 13.9 Å². The second-order valence-electron chi connectivity index (χ2n) is 8.10. The number of rotatable bonds is 7. The van der Waals surface area contributed by atoms with E-state index in [0.29, 0.717) is 33.8 Å². The molecule has 4 aromatic rings. The van der Waals surface area contributed by atoms with Crippen LogP contribution in [0.3, 0.4) is 0 Å². The summed E-state index contributed by atoms with van der Waals surface area (Å²) in [5, 5.41) is 0. The third-order valence-corrected chi connectivity index (χ3v) is 5.81. The third-order valence-electron chi connectivity index (χ3n) is 5.81. The molecular weight excluding hydrogens is 489 g/mol. The minimum atomic E-state index is -4.76. The maximum atomic E-state index is 13.4. The topological polar surface area (TPSA) is 81.9 Å². The van der Waals surface area contributed by atoms with Gasteiger partial charge < -0.3 is 13.9 Å². The van der Waals surface area contributed by atoms with Crippen LogP contribution < -0.4 is 9.47 Å². The average Bonchev–Trinajstić information content (AvgIpc) is 3.46. The van der Waals surface area contributed by atoms with Crippen LogP contribution in [-0.2, 0) is 6.18 Å². The number of fused-ring (bicyclic) bond motifs is 1. The van der Waals surface area contributed by atoms with E-state index in [0.717, 1.165) is 4.90 Å². The molecule has 2 heterocycles. The molecule has 0 spiro atoms. The number of benzene rings is 3. The van der Waals surface area contributed by atoms with Crippen molar-refractivity contribution in [3.63, 3.8) is 0 Å². The van der Waals surface area contributed by atoms with Crippen LogP contribution in [0.4, 0.5) is 13.2 Å². The summed E-state index contributed by atoms with van der Waals surface area (Å²) in [4.78, 5) is 29.7. The number of hydrogen-bond donors (Lipinski definition) is 0. The molecule has 0 fully saturated rings. The molecule has 0 atom stereocenters. The first-order valence-electron chi connectivity index (χ1n) is 11.2. The van der Waals surface area contributed by atoms with Gasteiger partial charge in [-0.25, -0.2) is 4.98 Å². The first-order valence-corrected chi connectivity index (χ1v) is 11.2. The Kier molecular flexibility index (Phi) is 6.16. The van der Waals surface area contributed by atoms with Gasteiger partial charge in [-0.15, -0.1) is 0 Å². The maximum absolute atomic E-state index is 13.4. The predicted molar refractivity (Wildman–Crippen MR) is 126 cm³/mol. The van der Waals surface area contributed by atoms with Crippen LogP contribution in [-0.4, -0.2) is 42.0 Å². The zero-order valence-electron chi connectivity index (χ0n) is 19.4. The molecule has 2 amide bonds. The van der Waals surface area contributed by atoms with Gasteiger partial charge in [0.2, 0.25) is 0 Å². The summed E-state index contributed by atoms with van der Waals surface area (Å²) in [6.07, 6.45) is -4.76. The first-order chi connectivity index (χ1) is 17.8. The molecule has 1 aliphatic rings. The molecule has 0 radical (unpaired) electrons. The van der Waals surface area contributed by atoms with Crippen LogP contribution in [0.1, 0.15) is 26.6 Å². The fourth-order valence-electron chi connectivity index (χ4n) is 3.98. The van der Waals surface area contributed by atoms with Crippen molar-refractivity contribution >= 4 is 11.8 Å². The number of imide groups is 1. The molecule has 0 saturated carbocycles. The molecule has 0 aliphatic carbocycles. The number of halogens is 3. The number of carbonyl (C=O) groups is 2. The Hall–Kier alpha value is -4.60. The van der Waals surface area contributed by atoms with Gasteiger partial charge in [-0.3, -0.25) is 14.5 Å². The monoisotopic (exact) mass is 508 g/mol. The van der Waals surface area contributed by atoms with E-state index in [2.05, 4.69) is 4.98 Å². The zero-order chi connectivity index (χ0) is 26.2. The Morgan fingerprint density at radius 1 is 0.838 bits per heavy atom. The van der Waals surface area contributed by atoms with E-state index in [1.54, 1.807) is 72.8 Å². The minimum Gasteiger partial charge on any atom is -0.497 e. The minimum absolute atomic E-state index is 0.0364. The van der Waals surface area contributed by atoms with Crippen LogP contribution in [0.15, 0.2) is 77.2 Å². The second kappa shape index (κ2) is 9.45.